The number of aryl methyl sites for hydroxylation is 1. The zero-order chi connectivity index (χ0) is 16.4. The van der Waals surface area contributed by atoms with Crippen molar-refractivity contribution in [1.29, 1.82) is 0 Å². The monoisotopic (exact) mass is 315 g/mol. The molecule has 0 unspecified atom stereocenters. The molecule has 3 rings (SSSR count). The predicted molar refractivity (Wildman–Crippen MR) is 89.3 cm³/mol. The quantitative estimate of drug-likeness (QED) is 0.869. The maximum absolute atomic E-state index is 11.7. The third-order valence-corrected chi connectivity index (χ3v) is 5.33. The molecular weight excluding hydrogens is 290 g/mol. The highest BCUT2D eigenvalue weighted by atomic mass is 16.5. The van der Waals surface area contributed by atoms with Gasteiger partial charge in [0.05, 0.1) is 12.7 Å². The average Bonchev–Trinajstić information content (AvgIpc) is 2.86. The first-order valence-corrected chi connectivity index (χ1v) is 8.32. The summed E-state index contributed by atoms with van der Waals surface area (Å²) < 4.78 is 6.00. The van der Waals surface area contributed by atoms with Crippen LogP contribution in [0.15, 0.2) is 30.9 Å². The van der Waals surface area contributed by atoms with E-state index in [9.17, 15) is 4.79 Å². The Kier molecular flexibility index (Phi) is 4.55. The lowest BCUT2D eigenvalue weighted by atomic mass is 9.73. The second kappa shape index (κ2) is 6.46. The van der Waals surface area contributed by atoms with E-state index in [4.69, 9.17) is 9.84 Å². The summed E-state index contributed by atoms with van der Waals surface area (Å²) in [5.41, 5.74) is 4.04. The molecule has 1 spiro atoms. The van der Waals surface area contributed by atoms with Gasteiger partial charge >= 0.3 is 0 Å². The number of carbonyl (C=O) groups excluding carboxylic acids is 1. The number of amides is 1. The molecule has 4 nitrogen and oxygen atoms in total. The number of nitrogens with zero attached hydrogens (tertiary/aromatic N) is 1. The number of aliphatic hydroxyl groups excluding tert-OH is 1. The average molecular weight is 315 g/mol. The molecule has 124 valence electrons. The summed E-state index contributed by atoms with van der Waals surface area (Å²) in [6.07, 6.45) is 4.75. The fourth-order valence-corrected chi connectivity index (χ4v) is 4.08. The van der Waals surface area contributed by atoms with Gasteiger partial charge < -0.3 is 14.7 Å². The van der Waals surface area contributed by atoms with Crippen LogP contribution in [-0.4, -0.2) is 42.2 Å². The molecule has 4 heteroatoms. The first-order chi connectivity index (χ1) is 11.1. The van der Waals surface area contributed by atoms with Gasteiger partial charge in [0.25, 0.3) is 0 Å². The molecule has 1 aliphatic heterocycles. The van der Waals surface area contributed by atoms with Crippen LogP contribution in [0.1, 0.15) is 42.1 Å². The van der Waals surface area contributed by atoms with Crippen LogP contribution in [0.4, 0.5) is 0 Å². The highest BCUT2D eigenvalue weighted by molar-refractivity contribution is 5.77. The van der Waals surface area contributed by atoms with E-state index in [0.29, 0.717) is 19.7 Å². The van der Waals surface area contributed by atoms with Gasteiger partial charge in [0.1, 0.15) is 6.61 Å². The van der Waals surface area contributed by atoms with E-state index in [1.807, 2.05) is 0 Å². The fourth-order valence-electron chi connectivity index (χ4n) is 4.08. The predicted octanol–water partition coefficient (Wildman–Crippen LogP) is 2.49. The van der Waals surface area contributed by atoms with Crippen molar-refractivity contribution < 1.29 is 14.6 Å². The fraction of sp³-hybridized carbons (Fsp3) is 0.526. The van der Waals surface area contributed by atoms with Crippen molar-refractivity contribution in [1.82, 2.24) is 4.90 Å². The lowest BCUT2D eigenvalue weighted by molar-refractivity contribution is -0.135. The van der Waals surface area contributed by atoms with E-state index in [2.05, 4.69) is 31.7 Å². The maximum Gasteiger partial charge on any atom is 0.248 e. The van der Waals surface area contributed by atoms with Crippen molar-refractivity contribution in [3.05, 3.63) is 47.5 Å². The van der Waals surface area contributed by atoms with E-state index < -0.39 is 6.61 Å². The largest absolute Gasteiger partial charge is 0.387 e. The van der Waals surface area contributed by atoms with E-state index in [1.165, 1.54) is 16.7 Å². The van der Waals surface area contributed by atoms with E-state index in [-0.39, 0.29) is 17.4 Å². The minimum Gasteiger partial charge on any atom is -0.387 e. The Morgan fingerprint density at radius 2 is 2.22 bits per heavy atom. The number of hydrogen-bond donors (Lipinski definition) is 1. The molecule has 1 N–H and O–H groups in total. The standard InChI is InChI=1S/C19H25NO3/c1-3-10-23-17-12-19(16-11-14(2)4-5-15(16)17)6-8-20(9-7-19)18(22)13-21/h3-5,11,17,21H,1,6-10,12-13H2,2H3/t17-/m0/s1. The molecule has 0 bridgehead atoms. The molecule has 1 fully saturated rings. The van der Waals surface area contributed by atoms with Gasteiger partial charge in [0.2, 0.25) is 5.91 Å². The lowest BCUT2D eigenvalue weighted by Crippen LogP contribution is -2.45. The van der Waals surface area contributed by atoms with Gasteiger partial charge in [-0.1, -0.05) is 29.8 Å². The molecule has 0 radical (unpaired) electrons. The van der Waals surface area contributed by atoms with Crippen molar-refractivity contribution in [2.75, 3.05) is 26.3 Å². The number of piperidine rings is 1. The van der Waals surface area contributed by atoms with Crippen molar-refractivity contribution in [2.24, 2.45) is 0 Å². The van der Waals surface area contributed by atoms with Crippen molar-refractivity contribution in [3.63, 3.8) is 0 Å². The van der Waals surface area contributed by atoms with Gasteiger partial charge in [-0.25, -0.2) is 0 Å². The Morgan fingerprint density at radius 3 is 2.87 bits per heavy atom. The third kappa shape index (κ3) is 2.93. The van der Waals surface area contributed by atoms with Crippen molar-refractivity contribution in [3.8, 4) is 0 Å². The van der Waals surface area contributed by atoms with Crippen LogP contribution in [0.3, 0.4) is 0 Å². The normalized spacial score (nSPS) is 22.2. The summed E-state index contributed by atoms with van der Waals surface area (Å²) in [5.74, 6) is -0.165. The molecule has 1 amide bonds. The first-order valence-electron chi connectivity index (χ1n) is 8.32. The number of aliphatic hydroxyl groups is 1. The molecule has 1 saturated heterocycles. The Morgan fingerprint density at radius 1 is 1.48 bits per heavy atom. The number of rotatable bonds is 4. The molecule has 1 heterocycles. The molecule has 0 saturated carbocycles. The van der Waals surface area contributed by atoms with Crippen LogP contribution < -0.4 is 0 Å². The van der Waals surface area contributed by atoms with E-state index >= 15 is 0 Å². The van der Waals surface area contributed by atoms with Crippen LogP contribution in [0.2, 0.25) is 0 Å². The number of benzene rings is 1. The highest BCUT2D eigenvalue weighted by Crippen LogP contribution is 2.52. The summed E-state index contributed by atoms with van der Waals surface area (Å²) in [6.45, 7) is 7.45. The second-order valence-corrected chi connectivity index (χ2v) is 6.72. The Labute approximate surface area is 137 Å². The van der Waals surface area contributed by atoms with Gasteiger partial charge in [-0.3, -0.25) is 4.79 Å². The van der Waals surface area contributed by atoms with Crippen LogP contribution in [0.25, 0.3) is 0 Å². The third-order valence-electron chi connectivity index (χ3n) is 5.33. The van der Waals surface area contributed by atoms with Crippen LogP contribution >= 0.6 is 0 Å². The SMILES string of the molecule is C=CCO[C@H]1CC2(CCN(C(=O)CO)CC2)c2cc(C)ccc21. The second-order valence-electron chi connectivity index (χ2n) is 6.72. The Balaban J connectivity index is 1.85. The smallest absolute Gasteiger partial charge is 0.248 e. The maximum atomic E-state index is 11.7. The number of ether oxygens (including phenoxy) is 1. The minimum absolute atomic E-state index is 0.0967. The number of carbonyl (C=O) groups is 1. The van der Waals surface area contributed by atoms with Crippen molar-refractivity contribution in [2.45, 2.75) is 37.7 Å². The molecule has 0 aromatic heterocycles. The number of likely N-dealkylation sites (tertiary alicyclic amines) is 1. The number of hydrogen-bond acceptors (Lipinski definition) is 3. The minimum atomic E-state index is -0.395. The van der Waals surface area contributed by atoms with Crippen LogP contribution in [0.5, 0.6) is 0 Å². The summed E-state index contributed by atoms with van der Waals surface area (Å²) >= 11 is 0. The lowest BCUT2D eigenvalue weighted by Gasteiger charge is -2.40. The molecule has 1 atom stereocenters. The molecular formula is C19H25NO3. The summed E-state index contributed by atoms with van der Waals surface area (Å²) in [7, 11) is 0. The van der Waals surface area contributed by atoms with Crippen LogP contribution in [0, 0.1) is 6.92 Å². The topological polar surface area (TPSA) is 49.8 Å². The number of fused-ring (bicyclic) bond motifs is 2. The molecule has 1 aromatic carbocycles. The van der Waals surface area contributed by atoms with Gasteiger partial charge in [-0.05, 0) is 37.3 Å². The molecule has 1 aromatic rings. The summed E-state index contributed by atoms with van der Waals surface area (Å²) in [4.78, 5) is 13.5. The van der Waals surface area contributed by atoms with Gasteiger partial charge in [0.15, 0.2) is 0 Å². The Hall–Kier alpha value is -1.65. The van der Waals surface area contributed by atoms with Crippen molar-refractivity contribution >= 4 is 5.91 Å². The van der Waals surface area contributed by atoms with E-state index in [1.54, 1.807) is 11.0 Å². The molecule has 2 aliphatic rings. The zero-order valence-corrected chi connectivity index (χ0v) is 13.8. The summed E-state index contributed by atoms with van der Waals surface area (Å²) in [6, 6.07) is 6.63. The van der Waals surface area contributed by atoms with Crippen LogP contribution in [-0.2, 0) is 14.9 Å². The van der Waals surface area contributed by atoms with Gasteiger partial charge in [-0.15, -0.1) is 6.58 Å². The molecule has 1 aliphatic carbocycles. The van der Waals surface area contributed by atoms with Gasteiger partial charge in [0, 0.05) is 18.5 Å². The molecule has 23 heavy (non-hydrogen) atoms. The Bertz CT molecular complexity index is 603. The first kappa shape index (κ1) is 16.2. The highest BCUT2D eigenvalue weighted by Gasteiger charge is 2.46. The zero-order valence-electron chi connectivity index (χ0n) is 13.8. The summed E-state index contributed by atoms with van der Waals surface area (Å²) in [5, 5.41) is 9.06. The van der Waals surface area contributed by atoms with Gasteiger partial charge in [-0.2, -0.15) is 0 Å². The van der Waals surface area contributed by atoms with E-state index in [0.717, 1.165) is 19.3 Å².